The summed E-state index contributed by atoms with van der Waals surface area (Å²) in [5.74, 6) is -0.0143. The first kappa shape index (κ1) is 16.0. The van der Waals surface area contributed by atoms with Crippen molar-refractivity contribution >= 4 is 5.97 Å². The Bertz CT molecular complexity index is 399. The molecule has 3 heteroatoms. The number of nitrogens with zero attached hydrogens (tertiary/aromatic N) is 1. The van der Waals surface area contributed by atoms with Gasteiger partial charge in [-0.3, -0.25) is 4.79 Å². The molecule has 2 rings (SSSR count). The van der Waals surface area contributed by atoms with Gasteiger partial charge in [0.25, 0.3) is 0 Å². The molecule has 115 valence electrons. The highest BCUT2D eigenvalue weighted by Crippen LogP contribution is 2.13. The van der Waals surface area contributed by atoms with Gasteiger partial charge in [-0.1, -0.05) is 43.2 Å². The number of ether oxygens (including phenoxy) is 1. The van der Waals surface area contributed by atoms with Crippen LogP contribution in [-0.2, 0) is 16.0 Å². The van der Waals surface area contributed by atoms with E-state index in [4.69, 9.17) is 4.74 Å². The first-order valence-corrected chi connectivity index (χ1v) is 8.20. The van der Waals surface area contributed by atoms with E-state index in [-0.39, 0.29) is 11.9 Å². The Morgan fingerprint density at radius 2 is 1.95 bits per heavy atom. The zero-order valence-corrected chi connectivity index (χ0v) is 12.8. The molecule has 0 bridgehead atoms. The Morgan fingerprint density at radius 3 is 2.71 bits per heavy atom. The van der Waals surface area contributed by atoms with Crippen LogP contribution in [0.2, 0.25) is 0 Å². The van der Waals surface area contributed by atoms with Crippen molar-refractivity contribution < 1.29 is 9.53 Å². The van der Waals surface area contributed by atoms with Gasteiger partial charge in [-0.15, -0.1) is 0 Å². The van der Waals surface area contributed by atoms with Crippen LogP contribution in [-0.4, -0.2) is 25.7 Å². The average Bonchev–Trinajstić information content (AvgIpc) is 2.55. The Kier molecular flexibility index (Phi) is 7.30. The molecule has 0 saturated carbocycles. The second kappa shape index (κ2) is 9.56. The zero-order valence-electron chi connectivity index (χ0n) is 12.8. The fourth-order valence-corrected chi connectivity index (χ4v) is 2.70. The molecular weight excluding hydrogens is 262 g/mol. The first-order chi connectivity index (χ1) is 10.4. The number of unbranched alkanes of at least 4 members (excludes halogenated alkanes) is 3. The molecule has 1 aliphatic rings. The van der Waals surface area contributed by atoms with E-state index in [9.17, 15) is 4.79 Å². The lowest BCUT2D eigenvalue weighted by Crippen LogP contribution is -2.31. The minimum Gasteiger partial charge on any atom is -0.465 e. The maximum atomic E-state index is 11.8. The lowest BCUT2D eigenvalue weighted by molar-refractivity contribution is -0.149. The molecule has 0 aliphatic carbocycles. The van der Waals surface area contributed by atoms with E-state index in [0.717, 1.165) is 38.6 Å². The van der Waals surface area contributed by atoms with Crippen LogP contribution in [0.1, 0.15) is 44.1 Å². The number of piperidine rings is 1. The van der Waals surface area contributed by atoms with Crippen LogP contribution in [0.25, 0.3) is 0 Å². The summed E-state index contributed by atoms with van der Waals surface area (Å²) in [6, 6.07) is 10.6. The van der Waals surface area contributed by atoms with Crippen LogP contribution in [0.5, 0.6) is 0 Å². The summed E-state index contributed by atoms with van der Waals surface area (Å²) in [5.41, 5.74) is 1.41. The van der Waals surface area contributed by atoms with Crippen molar-refractivity contribution in [2.24, 2.45) is 5.92 Å². The maximum absolute atomic E-state index is 11.8. The van der Waals surface area contributed by atoms with E-state index in [1.165, 1.54) is 18.4 Å². The van der Waals surface area contributed by atoms with E-state index in [1.54, 1.807) is 0 Å². The molecule has 1 aromatic rings. The third-order valence-corrected chi connectivity index (χ3v) is 4.00. The molecule has 1 heterocycles. The van der Waals surface area contributed by atoms with E-state index in [2.05, 4.69) is 35.6 Å². The highest BCUT2D eigenvalue weighted by molar-refractivity contribution is 5.72. The van der Waals surface area contributed by atoms with Crippen LogP contribution in [0.3, 0.4) is 0 Å². The molecule has 0 aromatic heterocycles. The number of carbonyl (C=O) groups excluding carboxylic acids is 1. The van der Waals surface area contributed by atoms with E-state index < -0.39 is 0 Å². The molecule has 1 aromatic carbocycles. The summed E-state index contributed by atoms with van der Waals surface area (Å²) >= 11 is 0. The second-order valence-corrected chi connectivity index (χ2v) is 5.79. The van der Waals surface area contributed by atoms with Gasteiger partial charge in [0.15, 0.2) is 0 Å². The quantitative estimate of drug-likeness (QED) is 0.543. The third-order valence-electron chi connectivity index (χ3n) is 4.00. The molecule has 1 saturated heterocycles. The highest BCUT2D eigenvalue weighted by Gasteiger charge is 2.22. The molecule has 21 heavy (non-hydrogen) atoms. The summed E-state index contributed by atoms with van der Waals surface area (Å²) in [6.45, 7) is 2.14. The Balaban J connectivity index is 1.45. The van der Waals surface area contributed by atoms with Gasteiger partial charge >= 0.3 is 5.97 Å². The smallest absolute Gasteiger partial charge is 0.310 e. The Morgan fingerprint density at radius 1 is 1.14 bits per heavy atom. The summed E-state index contributed by atoms with van der Waals surface area (Å²) in [4.78, 5) is 11.8. The molecule has 1 aliphatic heterocycles. The SMILES string of the molecule is O=C(OCCCCCCc1ccccc1)C1CCC[N]C1. The lowest BCUT2D eigenvalue weighted by Gasteiger charge is -2.19. The Labute approximate surface area is 128 Å². The van der Waals surface area contributed by atoms with Crippen molar-refractivity contribution in [1.82, 2.24) is 5.32 Å². The van der Waals surface area contributed by atoms with Crippen LogP contribution in [0.4, 0.5) is 0 Å². The minimum atomic E-state index is -0.0391. The van der Waals surface area contributed by atoms with Gasteiger partial charge in [-0.25, -0.2) is 5.32 Å². The molecule has 1 radical (unpaired) electrons. The number of benzene rings is 1. The fraction of sp³-hybridized carbons (Fsp3) is 0.611. The van der Waals surface area contributed by atoms with Crippen LogP contribution >= 0.6 is 0 Å². The number of rotatable bonds is 8. The van der Waals surface area contributed by atoms with Gasteiger partial charge < -0.3 is 4.74 Å². The molecule has 1 atom stereocenters. The number of carbonyl (C=O) groups is 1. The molecular formula is C18H26NO2. The van der Waals surface area contributed by atoms with Crippen molar-refractivity contribution in [2.45, 2.75) is 44.9 Å². The maximum Gasteiger partial charge on any atom is 0.310 e. The second-order valence-electron chi connectivity index (χ2n) is 5.79. The molecule has 1 unspecified atom stereocenters. The monoisotopic (exact) mass is 288 g/mol. The lowest BCUT2D eigenvalue weighted by atomic mass is 10.0. The van der Waals surface area contributed by atoms with Crippen molar-refractivity contribution in [1.29, 1.82) is 0 Å². The van der Waals surface area contributed by atoms with E-state index in [0.29, 0.717) is 13.2 Å². The number of aryl methyl sites for hydroxylation is 1. The van der Waals surface area contributed by atoms with Gasteiger partial charge in [0.05, 0.1) is 12.5 Å². The van der Waals surface area contributed by atoms with Crippen molar-refractivity contribution in [2.75, 3.05) is 19.7 Å². The number of hydrogen-bond donors (Lipinski definition) is 0. The molecule has 0 spiro atoms. The topological polar surface area (TPSA) is 40.4 Å². The zero-order chi connectivity index (χ0) is 14.8. The molecule has 3 nitrogen and oxygen atoms in total. The van der Waals surface area contributed by atoms with Crippen molar-refractivity contribution in [3.8, 4) is 0 Å². The summed E-state index contributed by atoms with van der Waals surface area (Å²) in [5, 5.41) is 4.28. The molecule has 0 N–H and O–H groups in total. The Hall–Kier alpha value is -1.35. The average molecular weight is 288 g/mol. The minimum absolute atomic E-state index is 0.0248. The summed E-state index contributed by atoms with van der Waals surface area (Å²) in [6.07, 6.45) is 7.63. The van der Waals surface area contributed by atoms with Gasteiger partial charge in [0.2, 0.25) is 0 Å². The highest BCUT2D eigenvalue weighted by atomic mass is 16.5. The summed E-state index contributed by atoms with van der Waals surface area (Å²) < 4.78 is 5.35. The van der Waals surface area contributed by atoms with Gasteiger partial charge in [0, 0.05) is 13.1 Å². The predicted octanol–water partition coefficient (Wildman–Crippen LogP) is 3.35. The van der Waals surface area contributed by atoms with Crippen LogP contribution < -0.4 is 5.32 Å². The largest absolute Gasteiger partial charge is 0.465 e. The van der Waals surface area contributed by atoms with Crippen molar-refractivity contribution in [3.63, 3.8) is 0 Å². The van der Waals surface area contributed by atoms with Crippen molar-refractivity contribution in [3.05, 3.63) is 35.9 Å². The predicted molar refractivity (Wildman–Crippen MR) is 84.2 cm³/mol. The van der Waals surface area contributed by atoms with E-state index in [1.807, 2.05) is 0 Å². The fourth-order valence-electron chi connectivity index (χ4n) is 2.70. The third kappa shape index (κ3) is 6.30. The first-order valence-electron chi connectivity index (χ1n) is 8.20. The van der Waals surface area contributed by atoms with Gasteiger partial charge in [0.1, 0.15) is 0 Å². The standard InChI is InChI=1S/C18H26NO2/c20-18(17-12-8-13-19-15-17)21-14-7-2-1-4-9-16-10-5-3-6-11-16/h3,5-6,10-11,17H,1-2,4,7-9,12-15H2. The molecule has 1 fully saturated rings. The van der Waals surface area contributed by atoms with E-state index >= 15 is 0 Å². The normalized spacial score (nSPS) is 18.4. The summed E-state index contributed by atoms with van der Waals surface area (Å²) in [7, 11) is 0. The number of esters is 1. The van der Waals surface area contributed by atoms with Crippen LogP contribution in [0, 0.1) is 5.92 Å². The number of hydrogen-bond acceptors (Lipinski definition) is 2. The molecule has 0 amide bonds. The van der Waals surface area contributed by atoms with Gasteiger partial charge in [-0.2, -0.15) is 0 Å². The van der Waals surface area contributed by atoms with Crippen LogP contribution in [0.15, 0.2) is 30.3 Å². The van der Waals surface area contributed by atoms with Gasteiger partial charge in [-0.05, 0) is 37.7 Å².